The number of aliphatic hydroxyl groups is 2. The van der Waals surface area contributed by atoms with Gasteiger partial charge >= 0.3 is 0 Å². The van der Waals surface area contributed by atoms with Crippen LogP contribution >= 0.6 is 0 Å². The number of hydrogen-bond donors (Lipinski definition) is 3. The Balaban J connectivity index is 1.48. The molecule has 4 rings (SSSR count). The first-order chi connectivity index (χ1) is 16.9. The van der Waals surface area contributed by atoms with Crippen LogP contribution < -0.4 is 15.1 Å². The number of rotatable bonds is 9. The second kappa shape index (κ2) is 10.5. The molecule has 188 valence electrons. The van der Waals surface area contributed by atoms with Crippen LogP contribution in [-0.2, 0) is 13.1 Å². The van der Waals surface area contributed by atoms with Gasteiger partial charge in [0.05, 0.1) is 25.0 Å². The normalized spacial score (nSPS) is 17.6. The number of aliphatic hydroxyl groups excluding tert-OH is 2. The number of fused-ring (bicyclic) bond motifs is 1. The van der Waals surface area contributed by atoms with Gasteiger partial charge in [0.15, 0.2) is 23.3 Å². The lowest BCUT2D eigenvalue weighted by Crippen LogP contribution is -2.57. The lowest BCUT2D eigenvalue weighted by Gasteiger charge is -2.46. The van der Waals surface area contributed by atoms with Crippen LogP contribution in [-0.4, -0.2) is 61.9 Å². The Hall–Kier alpha value is -3.38. The van der Waals surface area contributed by atoms with Crippen molar-refractivity contribution in [1.29, 1.82) is 0 Å². The van der Waals surface area contributed by atoms with Crippen LogP contribution in [0.4, 0.5) is 30.6 Å². The summed E-state index contributed by atoms with van der Waals surface area (Å²) < 4.78 is 41.6. The largest absolute Gasteiger partial charge is 0.396 e. The number of aromatic nitrogens is 4. The van der Waals surface area contributed by atoms with Crippen molar-refractivity contribution in [2.24, 2.45) is 0 Å². The van der Waals surface area contributed by atoms with Crippen LogP contribution in [0, 0.1) is 17.5 Å². The minimum absolute atomic E-state index is 0.0531. The lowest BCUT2D eigenvalue weighted by molar-refractivity contribution is 0.114. The molecule has 1 aromatic carbocycles. The Morgan fingerprint density at radius 1 is 1.03 bits per heavy atom. The van der Waals surface area contributed by atoms with E-state index in [4.69, 9.17) is 0 Å². The van der Waals surface area contributed by atoms with Crippen molar-refractivity contribution in [3.05, 3.63) is 59.3 Å². The first-order valence-electron chi connectivity index (χ1n) is 11.4. The molecule has 0 fully saturated rings. The van der Waals surface area contributed by atoms with E-state index in [1.54, 1.807) is 18.6 Å². The highest BCUT2D eigenvalue weighted by atomic mass is 19.2. The topological polar surface area (TPSA) is 103 Å². The molecule has 1 aliphatic heterocycles. The number of hydrogen-bond acceptors (Lipinski definition) is 8. The highest BCUT2D eigenvalue weighted by molar-refractivity contribution is 5.71. The van der Waals surface area contributed by atoms with Crippen LogP contribution in [0.3, 0.4) is 0 Å². The van der Waals surface area contributed by atoms with Gasteiger partial charge in [-0.05, 0) is 38.0 Å². The molecule has 9 nitrogen and oxygen atoms in total. The third kappa shape index (κ3) is 5.03. The van der Waals surface area contributed by atoms with Crippen LogP contribution in [0.15, 0.2) is 30.7 Å². The second-order valence-electron chi connectivity index (χ2n) is 8.24. The monoisotopic (exact) mass is 491 g/mol. The summed E-state index contributed by atoms with van der Waals surface area (Å²) in [5, 5.41) is 27.6. The molecule has 0 radical (unpaired) electrons. The van der Waals surface area contributed by atoms with Crippen molar-refractivity contribution in [2.45, 2.75) is 45.6 Å². The Morgan fingerprint density at radius 2 is 1.74 bits per heavy atom. The number of halogens is 3. The third-order valence-electron chi connectivity index (χ3n) is 6.03. The van der Waals surface area contributed by atoms with Crippen molar-refractivity contribution < 1.29 is 23.4 Å². The van der Waals surface area contributed by atoms with Crippen molar-refractivity contribution in [1.82, 2.24) is 19.7 Å². The number of likely N-dealkylation sites (N-methyl/N-ethyl adjacent to an activating group) is 2. The highest BCUT2D eigenvalue weighted by Gasteiger charge is 2.38. The van der Waals surface area contributed by atoms with E-state index in [-0.39, 0.29) is 24.8 Å². The van der Waals surface area contributed by atoms with E-state index in [1.165, 1.54) is 4.68 Å². The molecule has 35 heavy (non-hydrogen) atoms. The smallest absolute Gasteiger partial charge is 0.225 e. The van der Waals surface area contributed by atoms with E-state index < -0.39 is 23.7 Å². The molecule has 0 saturated heterocycles. The Kier molecular flexibility index (Phi) is 7.41. The summed E-state index contributed by atoms with van der Waals surface area (Å²) in [6, 6.07) is 1.58. The van der Waals surface area contributed by atoms with E-state index >= 15 is 0 Å². The summed E-state index contributed by atoms with van der Waals surface area (Å²) >= 11 is 0. The zero-order chi connectivity index (χ0) is 25.1. The molecule has 3 N–H and O–H groups in total. The van der Waals surface area contributed by atoms with E-state index in [0.29, 0.717) is 43.5 Å². The maximum absolute atomic E-state index is 13.5. The van der Waals surface area contributed by atoms with Gasteiger partial charge in [-0.25, -0.2) is 18.2 Å². The minimum atomic E-state index is -1.50. The zero-order valence-electron chi connectivity index (χ0n) is 19.5. The molecule has 0 saturated carbocycles. The summed E-state index contributed by atoms with van der Waals surface area (Å²) in [7, 11) is 0. The average Bonchev–Trinajstić information content (AvgIpc) is 3.29. The van der Waals surface area contributed by atoms with E-state index in [9.17, 15) is 23.4 Å². The predicted molar refractivity (Wildman–Crippen MR) is 125 cm³/mol. The molecule has 3 heterocycles. The van der Waals surface area contributed by atoms with Crippen LogP contribution in [0.2, 0.25) is 0 Å². The molecular weight excluding hydrogens is 463 g/mol. The summed E-state index contributed by atoms with van der Waals surface area (Å²) in [5.41, 5.74) is 1.75. The minimum Gasteiger partial charge on any atom is -0.396 e. The molecule has 0 spiro atoms. The van der Waals surface area contributed by atoms with Gasteiger partial charge in [-0.3, -0.25) is 4.68 Å². The lowest BCUT2D eigenvalue weighted by atomic mass is 10.1. The average molecular weight is 492 g/mol. The summed E-state index contributed by atoms with van der Waals surface area (Å²) in [5.74, 6) is -2.92. The van der Waals surface area contributed by atoms with Gasteiger partial charge in [-0.1, -0.05) is 0 Å². The Bertz CT molecular complexity index is 1150. The molecule has 1 unspecified atom stereocenters. The predicted octanol–water partition coefficient (Wildman–Crippen LogP) is 2.49. The summed E-state index contributed by atoms with van der Waals surface area (Å²) in [4.78, 5) is 12.8. The van der Waals surface area contributed by atoms with Crippen molar-refractivity contribution in [3.8, 4) is 0 Å². The van der Waals surface area contributed by atoms with Crippen molar-refractivity contribution >= 4 is 17.5 Å². The molecular formula is C23H28F3N7O2. The quantitative estimate of drug-likeness (QED) is 0.393. The summed E-state index contributed by atoms with van der Waals surface area (Å²) in [6.45, 7) is 5.43. The number of nitrogens with one attached hydrogen (secondary N) is 1. The molecule has 0 bridgehead atoms. The first kappa shape index (κ1) is 24.7. The maximum atomic E-state index is 13.5. The number of anilines is 3. The van der Waals surface area contributed by atoms with Crippen LogP contribution in [0.25, 0.3) is 0 Å². The van der Waals surface area contributed by atoms with Crippen molar-refractivity contribution in [2.75, 3.05) is 34.8 Å². The fourth-order valence-electron chi connectivity index (χ4n) is 4.36. The second-order valence-corrected chi connectivity index (χ2v) is 8.24. The standard InChI is InChI=1S/C23H28F3N7O2/c1-3-32-18(5-6-34)22(35)33(4-2)19-11-28-23(30-21(19)32)27-9-15-10-29-31(13-15)12-14-7-16(24)20(26)17(25)8-14/h7-8,10-11,13,18,22,34-35H,3-6,9,12H2,1-2H3,(H,27,28,30)/t18-,22?/m0/s1. The van der Waals surface area contributed by atoms with Crippen molar-refractivity contribution in [3.63, 3.8) is 0 Å². The molecule has 2 atom stereocenters. The van der Waals surface area contributed by atoms with Gasteiger partial charge in [0.2, 0.25) is 5.95 Å². The Labute approximate surface area is 200 Å². The first-order valence-corrected chi connectivity index (χ1v) is 11.4. The zero-order valence-corrected chi connectivity index (χ0v) is 19.5. The van der Waals surface area contributed by atoms with Gasteiger partial charge in [-0.15, -0.1) is 0 Å². The number of benzene rings is 1. The van der Waals surface area contributed by atoms with Gasteiger partial charge in [0, 0.05) is 38.0 Å². The molecule has 0 amide bonds. The fraction of sp³-hybridized carbons (Fsp3) is 0.435. The SMILES string of the molecule is CCN1c2cnc(NCc3cnn(Cc4cc(F)c(F)c(F)c4)c3)nc2N(CC)[C@@H](CCO)C1O. The van der Waals surface area contributed by atoms with Gasteiger partial charge in [-0.2, -0.15) is 10.1 Å². The fourth-order valence-corrected chi connectivity index (χ4v) is 4.36. The van der Waals surface area contributed by atoms with E-state index in [2.05, 4.69) is 20.4 Å². The number of nitrogens with zero attached hydrogens (tertiary/aromatic N) is 6. The van der Waals surface area contributed by atoms with Gasteiger partial charge in [0.25, 0.3) is 0 Å². The molecule has 1 aliphatic rings. The van der Waals surface area contributed by atoms with Gasteiger partial charge in [0.1, 0.15) is 11.9 Å². The molecule has 3 aromatic rings. The highest BCUT2D eigenvalue weighted by Crippen LogP contribution is 2.37. The third-order valence-corrected chi connectivity index (χ3v) is 6.03. The molecule has 0 aliphatic carbocycles. The Morgan fingerprint density at radius 3 is 2.40 bits per heavy atom. The molecule has 12 heteroatoms. The van der Waals surface area contributed by atoms with Crippen LogP contribution in [0.1, 0.15) is 31.4 Å². The van der Waals surface area contributed by atoms with E-state index in [1.807, 2.05) is 23.6 Å². The summed E-state index contributed by atoms with van der Waals surface area (Å²) in [6.07, 6.45) is 4.59. The van der Waals surface area contributed by atoms with Crippen LogP contribution in [0.5, 0.6) is 0 Å². The van der Waals surface area contributed by atoms with Gasteiger partial charge < -0.3 is 25.3 Å². The maximum Gasteiger partial charge on any atom is 0.225 e. The molecule has 2 aromatic heterocycles. The van der Waals surface area contributed by atoms with E-state index in [0.717, 1.165) is 17.7 Å².